The largest absolute Gasteiger partial charge is 0.340 e. The number of nitrogens with two attached hydrogens (primary N) is 1. The second-order valence-corrected chi connectivity index (χ2v) is 6.64. The van der Waals surface area contributed by atoms with E-state index < -0.39 is 29.7 Å². The zero-order chi connectivity index (χ0) is 19.1. The zero-order valence-corrected chi connectivity index (χ0v) is 15.5. The number of alkyl halides is 1. The summed E-state index contributed by atoms with van der Waals surface area (Å²) in [5, 5.41) is 0. The molecule has 0 unspecified atom stereocenters. The third-order valence-electron chi connectivity index (χ3n) is 4.73. The summed E-state index contributed by atoms with van der Waals surface area (Å²) in [6.45, 7) is 0.772. The van der Waals surface area contributed by atoms with Gasteiger partial charge in [0.15, 0.2) is 11.6 Å². The first kappa shape index (κ1) is 20.3. The van der Waals surface area contributed by atoms with Crippen LogP contribution in [0, 0.1) is 17.5 Å². The van der Waals surface area contributed by atoms with Gasteiger partial charge in [0, 0.05) is 25.2 Å². The second kappa shape index (κ2) is 7.92. The average Bonchev–Trinajstić information content (AvgIpc) is 2.97. The van der Waals surface area contributed by atoms with E-state index in [9.17, 15) is 17.6 Å². The number of piperidine rings is 1. The molecule has 1 aromatic carbocycles. The molecule has 0 aliphatic carbocycles. The van der Waals surface area contributed by atoms with E-state index in [1.54, 1.807) is 9.47 Å². The van der Waals surface area contributed by atoms with Crippen molar-refractivity contribution in [3.05, 3.63) is 53.6 Å². The molecule has 0 spiro atoms. The van der Waals surface area contributed by atoms with E-state index in [4.69, 9.17) is 5.73 Å². The Bertz CT molecular complexity index is 978. The van der Waals surface area contributed by atoms with Crippen molar-refractivity contribution in [1.29, 1.82) is 0 Å². The van der Waals surface area contributed by atoms with Gasteiger partial charge in [0.25, 0.3) is 0 Å². The number of aromatic nitrogens is 3. The molecular weight excluding hydrogens is 398 g/mol. The van der Waals surface area contributed by atoms with Crippen LogP contribution in [-0.2, 0) is 6.54 Å². The smallest absolute Gasteiger partial charge is 0.206 e. The number of anilines is 1. The van der Waals surface area contributed by atoms with Crippen molar-refractivity contribution in [2.24, 2.45) is 5.73 Å². The highest BCUT2D eigenvalue weighted by Gasteiger charge is 2.29. The molecule has 1 saturated heterocycles. The maximum Gasteiger partial charge on any atom is 0.206 e. The minimum absolute atomic E-state index is 0. The molecule has 3 aromatic rings. The molecule has 10 heteroatoms. The second-order valence-electron chi connectivity index (χ2n) is 6.64. The third-order valence-corrected chi connectivity index (χ3v) is 4.73. The first-order valence-electron chi connectivity index (χ1n) is 8.52. The van der Waals surface area contributed by atoms with E-state index in [0.717, 1.165) is 18.3 Å². The fraction of sp³-hybridized carbons (Fsp3) is 0.333. The lowest BCUT2D eigenvalue weighted by molar-refractivity contribution is 0.243. The summed E-state index contributed by atoms with van der Waals surface area (Å²) in [7, 11) is 0. The van der Waals surface area contributed by atoms with Gasteiger partial charge in [0.1, 0.15) is 12.0 Å². The van der Waals surface area contributed by atoms with Crippen molar-refractivity contribution < 1.29 is 17.6 Å². The molecule has 0 amide bonds. The van der Waals surface area contributed by atoms with Crippen molar-refractivity contribution in [3.8, 4) is 0 Å². The lowest BCUT2D eigenvalue weighted by atomic mass is 10.1. The standard InChI is InChI=1S/C18H17F4N5.ClH/c19-10-1-2-11(24-7-10)8-27-17-6-14(22)13(21)5-16(17)25-18(27)26-4-3-12(20)15(23)9-26;/h1-2,5-7,12,15H,3-4,8-9,23H2;1H/t12-,15-;/m1./s1. The van der Waals surface area contributed by atoms with Gasteiger partial charge in [0.05, 0.1) is 35.5 Å². The predicted molar refractivity (Wildman–Crippen MR) is 99.9 cm³/mol. The van der Waals surface area contributed by atoms with Gasteiger partial charge >= 0.3 is 0 Å². The van der Waals surface area contributed by atoms with Gasteiger partial charge < -0.3 is 15.2 Å². The van der Waals surface area contributed by atoms with Crippen LogP contribution in [0.3, 0.4) is 0 Å². The monoisotopic (exact) mass is 415 g/mol. The highest BCUT2D eigenvalue weighted by molar-refractivity contribution is 5.85. The van der Waals surface area contributed by atoms with E-state index in [1.807, 2.05) is 0 Å². The average molecular weight is 416 g/mol. The lowest BCUT2D eigenvalue weighted by Crippen LogP contribution is -2.50. The summed E-state index contributed by atoms with van der Waals surface area (Å²) >= 11 is 0. The third kappa shape index (κ3) is 3.77. The quantitative estimate of drug-likeness (QED) is 0.667. The van der Waals surface area contributed by atoms with Crippen LogP contribution in [0.5, 0.6) is 0 Å². The van der Waals surface area contributed by atoms with Crippen LogP contribution in [0.25, 0.3) is 11.0 Å². The molecule has 2 N–H and O–H groups in total. The molecule has 5 nitrogen and oxygen atoms in total. The predicted octanol–water partition coefficient (Wildman–Crippen LogP) is 3.19. The SMILES string of the molecule is Cl.N[C@@H]1CN(c2nc3cc(F)c(F)cc3n2Cc2ccc(F)cn2)CC[C@H]1F. The van der Waals surface area contributed by atoms with Crippen molar-refractivity contribution >= 4 is 29.4 Å². The van der Waals surface area contributed by atoms with Gasteiger partial charge in [-0.05, 0) is 18.6 Å². The summed E-state index contributed by atoms with van der Waals surface area (Å²) in [5.41, 5.74) is 6.99. The Morgan fingerprint density at radius 1 is 1.14 bits per heavy atom. The molecule has 28 heavy (non-hydrogen) atoms. The Labute approximate surface area is 164 Å². The van der Waals surface area contributed by atoms with E-state index in [1.165, 1.54) is 12.1 Å². The number of hydrogen-bond acceptors (Lipinski definition) is 4. The maximum absolute atomic E-state index is 13.8. The van der Waals surface area contributed by atoms with Gasteiger partial charge in [-0.25, -0.2) is 22.5 Å². The van der Waals surface area contributed by atoms with Gasteiger partial charge in [-0.2, -0.15) is 0 Å². The van der Waals surface area contributed by atoms with Crippen LogP contribution >= 0.6 is 12.4 Å². The molecule has 1 aliphatic heterocycles. The molecule has 3 heterocycles. The molecule has 1 fully saturated rings. The molecule has 0 saturated carbocycles. The number of halogens is 5. The molecule has 1 aliphatic rings. The molecule has 0 radical (unpaired) electrons. The summed E-state index contributed by atoms with van der Waals surface area (Å²) in [6, 6.07) is 4.18. The van der Waals surface area contributed by atoms with Gasteiger partial charge in [-0.3, -0.25) is 4.98 Å². The van der Waals surface area contributed by atoms with Gasteiger partial charge in [-0.15, -0.1) is 12.4 Å². The van der Waals surface area contributed by atoms with Crippen LogP contribution in [0.2, 0.25) is 0 Å². The number of benzene rings is 1. The minimum atomic E-state index is -1.10. The zero-order valence-electron chi connectivity index (χ0n) is 14.7. The molecular formula is C18H18ClF4N5. The highest BCUT2D eigenvalue weighted by Crippen LogP contribution is 2.28. The summed E-state index contributed by atoms with van der Waals surface area (Å²) in [4.78, 5) is 10.2. The topological polar surface area (TPSA) is 60.0 Å². The molecule has 0 bridgehead atoms. The van der Waals surface area contributed by atoms with Crippen molar-refractivity contribution in [3.63, 3.8) is 0 Å². The van der Waals surface area contributed by atoms with Gasteiger partial charge in [-0.1, -0.05) is 0 Å². The number of rotatable bonds is 3. The van der Waals surface area contributed by atoms with E-state index >= 15 is 0 Å². The van der Waals surface area contributed by atoms with Crippen molar-refractivity contribution in [1.82, 2.24) is 14.5 Å². The number of fused-ring (bicyclic) bond motifs is 1. The fourth-order valence-electron chi connectivity index (χ4n) is 3.30. The van der Waals surface area contributed by atoms with Crippen LogP contribution < -0.4 is 10.6 Å². The Kier molecular flexibility index (Phi) is 5.76. The Balaban J connectivity index is 0.00000225. The van der Waals surface area contributed by atoms with Crippen LogP contribution in [-0.4, -0.2) is 39.8 Å². The molecule has 4 rings (SSSR count). The number of imidazole rings is 1. The highest BCUT2D eigenvalue weighted by atomic mass is 35.5. The summed E-state index contributed by atoms with van der Waals surface area (Å²) < 4.78 is 56.0. The normalized spacial score (nSPS) is 19.7. The fourth-order valence-corrected chi connectivity index (χ4v) is 3.30. The first-order valence-corrected chi connectivity index (χ1v) is 8.52. The van der Waals surface area contributed by atoms with Crippen molar-refractivity contribution in [2.45, 2.75) is 25.2 Å². The van der Waals surface area contributed by atoms with Crippen LogP contribution in [0.1, 0.15) is 12.1 Å². The lowest BCUT2D eigenvalue weighted by Gasteiger charge is -2.34. The van der Waals surface area contributed by atoms with E-state index in [2.05, 4.69) is 9.97 Å². The summed E-state index contributed by atoms with van der Waals surface area (Å²) in [6.07, 6.45) is 0.216. The minimum Gasteiger partial charge on any atom is -0.340 e. The first-order chi connectivity index (χ1) is 12.9. The number of nitrogens with zero attached hydrogens (tertiary/aromatic N) is 4. The maximum atomic E-state index is 13.8. The van der Waals surface area contributed by atoms with Crippen LogP contribution in [0.15, 0.2) is 30.5 Å². The number of pyridine rings is 1. The van der Waals surface area contributed by atoms with Crippen molar-refractivity contribution in [2.75, 3.05) is 18.0 Å². The van der Waals surface area contributed by atoms with Gasteiger partial charge in [0.2, 0.25) is 5.95 Å². The molecule has 2 aromatic heterocycles. The number of hydrogen-bond donors (Lipinski definition) is 1. The molecule has 2 atom stereocenters. The van der Waals surface area contributed by atoms with Crippen LogP contribution in [0.4, 0.5) is 23.5 Å². The van der Waals surface area contributed by atoms with E-state index in [-0.39, 0.29) is 37.4 Å². The molecule has 150 valence electrons. The Morgan fingerprint density at radius 3 is 2.57 bits per heavy atom. The van der Waals surface area contributed by atoms with E-state index in [0.29, 0.717) is 23.7 Å². The Morgan fingerprint density at radius 2 is 1.89 bits per heavy atom. The summed E-state index contributed by atoms with van der Waals surface area (Å²) in [5.74, 6) is -2.05. The Hall–Kier alpha value is -2.39.